The minimum Gasteiger partial charge on any atom is -0.490 e. The van der Waals surface area contributed by atoms with Gasteiger partial charge in [-0.3, -0.25) is 14.9 Å². The van der Waals surface area contributed by atoms with Crippen LogP contribution in [0.1, 0.15) is 45.8 Å². The summed E-state index contributed by atoms with van der Waals surface area (Å²) in [7, 11) is 0. The number of aromatic nitrogens is 1. The molecule has 2 heterocycles. The van der Waals surface area contributed by atoms with Gasteiger partial charge in [0.05, 0.1) is 17.7 Å². The molecule has 11 nitrogen and oxygen atoms in total. The number of nitrogens with one attached hydrogen (secondary N) is 1. The number of nitro benzene ring substituents is 1. The summed E-state index contributed by atoms with van der Waals surface area (Å²) in [6.45, 7) is 6.29. The van der Waals surface area contributed by atoms with Crippen molar-refractivity contribution in [2.75, 3.05) is 6.61 Å². The highest BCUT2D eigenvalue weighted by atomic mass is 35.5. The number of carbonyl (C=O) groups excluding carboxylic acids is 1. The summed E-state index contributed by atoms with van der Waals surface area (Å²) in [5, 5.41) is 16.4. The first kappa shape index (κ1) is 31.9. The Bertz CT molecular complexity index is 1840. The van der Waals surface area contributed by atoms with Gasteiger partial charge >= 0.3 is 11.6 Å². The normalized spacial score (nSPS) is 11.0. The Morgan fingerprint density at radius 1 is 0.957 bits per heavy atom. The van der Waals surface area contributed by atoms with E-state index in [0.717, 1.165) is 22.6 Å². The Hall–Kier alpha value is -5.55. The van der Waals surface area contributed by atoms with Crippen molar-refractivity contribution < 1.29 is 28.3 Å². The quantitative estimate of drug-likeness (QED) is 0.0796. The van der Waals surface area contributed by atoms with E-state index in [9.17, 15) is 14.9 Å². The van der Waals surface area contributed by atoms with Gasteiger partial charge in [0.2, 0.25) is 5.75 Å². The highest BCUT2D eigenvalue weighted by Gasteiger charge is 2.23. The van der Waals surface area contributed by atoms with Crippen LogP contribution in [0, 0.1) is 24.0 Å². The largest absolute Gasteiger partial charge is 0.490 e. The number of halogens is 1. The van der Waals surface area contributed by atoms with E-state index in [4.69, 9.17) is 30.2 Å². The van der Waals surface area contributed by atoms with Crippen molar-refractivity contribution in [2.24, 2.45) is 5.10 Å². The van der Waals surface area contributed by atoms with Crippen LogP contribution in [0.2, 0.25) is 5.02 Å². The Kier molecular flexibility index (Phi) is 10.0. The van der Waals surface area contributed by atoms with E-state index in [0.29, 0.717) is 22.1 Å². The second-order valence-corrected chi connectivity index (χ2v) is 10.6. The molecule has 0 unspecified atom stereocenters. The molecule has 0 radical (unpaired) electrons. The molecule has 12 heteroatoms. The van der Waals surface area contributed by atoms with Crippen molar-refractivity contribution >= 4 is 29.4 Å². The number of furan rings is 1. The van der Waals surface area contributed by atoms with Gasteiger partial charge in [-0.1, -0.05) is 23.7 Å². The molecule has 46 heavy (non-hydrogen) atoms. The van der Waals surface area contributed by atoms with Crippen LogP contribution >= 0.6 is 11.6 Å². The van der Waals surface area contributed by atoms with Gasteiger partial charge in [0.15, 0.2) is 11.5 Å². The molecular formula is C34H31ClN4O7. The molecule has 0 aliphatic carbocycles. The van der Waals surface area contributed by atoms with Gasteiger partial charge in [0.25, 0.3) is 0 Å². The summed E-state index contributed by atoms with van der Waals surface area (Å²) in [6.07, 6.45) is 1.27. The van der Waals surface area contributed by atoms with Crippen LogP contribution in [0.15, 0.2) is 94.4 Å². The molecule has 0 saturated carbocycles. The molecule has 0 atom stereocenters. The van der Waals surface area contributed by atoms with E-state index in [1.54, 1.807) is 43.3 Å². The minimum atomic E-state index is -0.605. The predicted molar refractivity (Wildman–Crippen MR) is 173 cm³/mol. The van der Waals surface area contributed by atoms with Gasteiger partial charge in [-0.25, -0.2) is 5.43 Å². The zero-order valence-corrected chi connectivity index (χ0v) is 26.1. The maximum absolute atomic E-state index is 12.6. The molecule has 1 N–H and O–H groups in total. The molecule has 0 aliphatic heterocycles. The topological polar surface area (TPSA) is 130 Å². The zero-order valence-electron chi connectivity index (χ0n) is 25.4. The molecule has 3 aromatic carbocycles. The highest BCUT2D eigenvalue weighted by molar-refractivity contribution is 6.30. The first-order chi connectivity index (χ1) is 22.2. The lowest BCUT2D eigenvalue weighted by Gasteiger charge is -2.13. The second-order valence-electron chi connectivity index (χ2n) is 10.2. The van der Waals surface area contributed by atoms with Crippen LogP contribution in [0.4, 0.5) is 5.69 Å². The minimum absolute atomic E-state index is 0.0182. The fourth-order valence-corrected chi connectivity index (χ4v) is 4.81. The van der Waals surface area contributed by atoms with Crippen molar-refractivity contribution in [1.29, 1.82) is 0 Å². The summed E-state index contributed by atoms with van der Waals surface area (Å²) in [5.74, 6) is 0.666. The Labute approximate surface area is 270 Å². The van der Waals surface area contributed by atoms with Gasteiger partial charge in [-0.05, 0) is 93.1 Å². The van der Waals surface area contributed by atoms with Crippen LogP contribution in [0.25, 0.3) is 5.69 Å². The fourth-order valence-electron chi connectivity index (χ4n) is 4.68. The molecule has 0 aliphatic rings. The van der Waals surface area contributed by atoms with E-state index in [2.05, 4.69) is 41.1 Å². The SMILES string of the molecule is CCOc1cc(/C=N/NC(=O)c2ccc(COc3ccc(-n4c(C)ccc4C)cc3)o2)cc([N+](=O)[O-])c1OCc1ccc(Cl)cc1. The molecule has 0 bridgehead atoms. The average Bonchev–Trinajstić information content (AvgIpc) is 3.66. The van der Waals surface area contributed by atoms with E-state index in [1.807, 2.05) is 24.3 Å². The Morgan fingerprint density at radius 3 is 2.35 bits per heavy atom. The third-order valence-corrected chi connectivity index (χ3v) is 7.11. The number of hydrogen-bond donors (Lipinski definition) is 1. The average molecular weight is 643 g/mol. The van der Waals surface area contributed by atoms with Crippen LogP contribution < -0.4 is 19.6 Å². The van der Waals surface area contributed by atoms with Crippen LogP contribution in [-0.4, -0.2) is 28.2 Å². The molecule has 0 spiro atoms. The molecule has 0 saturated heterocycles. The van der Waals surface area contributed by atoms with Crippen molar-refractivity contribution in [3.8, 4) is 22.9 Å². The van der Waals surface area contributed by atoms with E-state index < -0.39 is 10.8 Å². The van der Waals surface area contributed by atoms with Crippen molar-refractivity contribution in [3.05, 3.63) is 134 Å². The number of carbonyl (C=O) groups is 1. The zero-order chi connectivity index (χ0) is 32.6. The molecule has 236 valence electrons. The first-order valence-corrected chi connectivity index (χ1v) is 14.7. The van der Waals surface area contributed by atoms with Crippen LogP contribution in [-0.2, 0) is 13.2 Å². The third-order valence-electron chi connectivity index (χ3n) is 6.86. The number of nitro groups is 1. The summed E-state index contributed by atoms with van der Waals surface area (Å²) >= 11 is 5.93. The van der Waals surface area contributed by atoms with Gasteiger partial charge in [0.1, 0.15) is 24.7 Å². The number of nitrogens with zero attached hydrogens (tertiary/aromatic N) is 3. The summed E-state index contributed by atoms with van der Waals surface area (Å²) in [6, 6.07) is 24.7. The van der Waals surface area contributed by atoms with E-state index in [1.165, 1.54) is 18.3 Å². The Balaban J connectivity index is 1.20. The first-order valence-electron chi connectivity index (χ1n) is 14.3. The molecule has 0 fully saturated rings. The summed E-state index contributed by atoms with van der Waals surface area (Å²) in [4.78, 5) is 24.0. The number of rotatable bonds is 13. The second kappa shape index (κ2) is 14.5. The third kappa shape index (κ3) is 7.74. The maximum Gasteiger partial charge on any atom is 0.315 e. The predicted octanol–water partition coefficient (Wildman–Crippen LogP) is 7.57. The smallest absolute Gasteiger partial charge is 0.315 e. The maximum atomic E-state index is 12.6. The fraction of sp³-hybridized carbons (Fsp3) is 0.176. The van der Waals surface area contributed by atoms with Crippen molar-refractivity contribution in [3.63, 3.8) is 0 Å². The molecule has 5 aromatic rings. The van der Waals surface area contributed by atoms with Gasteiger partial charge in [-0.2, -0.15) is 5.10 Å². The molecule has 1 amide bonds. The van der Waals surface area contributed by atoms with Crippen LogP contribution in [0.3, 0.4) is 0 Å². The van der Waals surface area contributed by atoms with Gasteiger partial charge in [0, 0.05) is 33.7 Å². The van der Waals surface area contributed by atoms with Crippen LogP contribution in [0.5, 0.6) is 17.2 Å². The lowest BCUT2D eigenvalue weighted by molar-refractivity contribution is -0.386. The molecule has 2 aromatic heterocycles. The molecule has 5 rings (SSSR count). The number of aryl methyl sites for hydroxylation is 2. The summed E-state index contributed by atoms with van der Waals surface area (Å²) < 4.78 is 25.0. The molecular weight excluding hydrogens is 612 g/mol. The van der Waals surface area contributed by atoms with Gasteiger partial charge in [-0.15, -0.1) is 0 Å². The van der Waals surface area contributed by atoms with E-state index in [-0.39, 0.29) is 42.8 Å². The highest BCUT2D eigenvalue weighted by Crippen LogP contribution is 2.39. The van der Waals surface area contributed by atoms with E-state index >= 15 is 0 Å². The summed E-state index contributed by atoms with van der Waals surface area (Å²) in [5.41, 5.74) is 6.46. The number of hydrogen-bond acceptors (Lipinski definition) is 8. The number of benzene rings is 3. The lowest BCUT2D eigenvalue weighted by Crippen LogP contribution is -2.16. The standard InChI is InChI=1S/C34H31ClN4O7/c1-4-43-32-18-25(17-30(39(41)42)33(32)45-20-24-7-9-26(35)10-8-24)19-36-37-34(40)31-16-15-29(46-31)21-44-28-13-11-27(12-14-28)38-22(2)5-6-23(38)3/h5-19H,4,20-21H2,1-3H3,(H,37,40)/b36-19+. The monoisotopic (exact) mass is 642 g/mol. The number of hydrazone groups is 1. The number of amides is 1. The lowest BCUT2D eigenvalue weighted by atomic mass is 10.1. The Morgan fingerprint density at radius 2 is 1.67 bits per heavy atom. The van der Waals surface area contributed by atoms with Crippen molar-refractivity contribution in [2.45, 2.75) is 34.0 Å². The van der Waals surface area contributed by atoms with Crippen molar-refractivity contribution in [1.82, 2.24) is 9.99 Å². The van der Waals surface area contributed by atoms with Gasteiger partial charge < -0.3 is 23.2 Å². The number of ether oxygens (including phenoxy) is 3.